The maximum Gasteiger partial charge on any atom is 0.137 e. The third-order valence-electron chi connectivity index (χ3n) is 3.28. The van der Waals surface area contributed by atoms with Gasteiger partial charge in [-0.3, -0.25) is 0 Å². The van der Waals surface area contributed by atoms with Crippen LogP contribution in [0.3, 0.4) is 0 Å². The second-order valence-electron chi connectivity index (χ2n) is 4.52. The average molecular weight is 272 g/mol. The van der Waals surface area contributed by atoms with Crippen molar-refractivity contribution in [1.82, 2.24) is 9.38 Å². The van der Waals surface area contributed by atoms with Gasteiger partial charge < -0.3 is 10.1 Å². The standard InChI is InChI=1S/C15H14ClN3/c1-10-15(12-2-4-13(16)5-3-12)18-14-8-11(9-17)6-7-19(10)14/h2-8H,9,17H2,1H3. The molecule has 19 heavy (non-hydrogen) atoms. The Labute approximate surface area is 116 Å². The van der Waals surface area contributed by atoms with Gasteiger partial charge in [-0.2, -0.15) is 0 Å². The summed E-state index contributed by atoms with van der Waals surface area (Å²) in [6.07, 6.45) is 2.01. The van der Waals surface area contributed by atoms with E-state index in [0.29, 0.717) is 6.54 Å². The fourth-order valence-corrected chi connectivity index (χ4v) is 2.34. The van der Waals surface area contributed by atoms with Crippen LogP contribution in [0.4, 0.5) is 0 Å². The summed E-state index contributed by atoms with van der Waals surface area (Å²) in [5, 5.41) is 0.732. The van der Waals surface area contributed by atoms with Crippen molar-refractivity contribution in [2.24, 2.45) is 5.73 Å². The van der Waals surface area contributed by atoms with Gasteiger partial charge >= 0.3 is 0 Å². The van der Waals surface area contributed by atoms with Crippen molar-refractivity contribution in [2.45, 2.75) is 13.5 Å². The first-order chi connectivity index (χ1) is 9.19. The number of nitrogens with two attached hydrogens (primary N) is 1. The second-order valence-corrected chi connectivity index (χ2v) is 4.96. The Morgan fingerprint density at radius 1 is 1.21 bits per heavy atom. The molecule has 0 bridgehead atoms. The molecule has 1 aromatic carbocycles. The highest BCUT2D eigenvalue weighted by atomic mass is 35.5. The molecule has 96 valence electrons. The lowest BCUT2D eigenvalue weighted by molar-refractivity contribution is 1.04. The smallest absolute Gasteiger partial charge is 0.137 e. The minimum absolute atomic E-state index is 0.526. The Bertz CT molecular complexity index is 729. The summed E-state index contributed by atoms with van der Waals surface area (Å²) in [6.45, 7) is 2.59. The van der Waals surface area contributed by atoms with E-state index in [9.17, 15) is 0 Å². The Balaban J connectivity index is 2.19. The number of fused-ring (bicyclic) bond motifs is 1. The van der Waals surface area contributed by atoms with Gasteiger partial charge in [-0.1, -0.05) is 23.7 Å². The molecule has 4 heteroatoms. The first kappa shape index (κ1) is 12.2. The van der Waals surface area contributed by atoms with Gasteiger partial charge in [-0.15, -0.1) is 0 Å². The molecule has 3 nitrogen and oxygen atoms in total. The molecule has 0 aliphatic carbocycles. The van der Waals surface area contributed by atoms with Crippen LogP contribution in [0.2, 0.25) is 5.02 Å². The Morgan fingerprint density at radius 3 is 2.63 bits per heavy atom. The number of imidazole rings is 1. The molecule has 0 amide bonds. The molecule has 0 saturated carbocycles. The lowest BCUT2D eigenvalue weighted by Gasteiger charge is -2.00. The summed E-state index contributed by atoms with van der Waals surface area (Å²) in [5.41, 5.74) is 10.8. The number of aromatic nitrogens is 2. The van der Waals surface area contributed by atoms with Crippen LogP contribution in [0.5, 0.6) is 0 Å². The Hall–Kier alpha value is -1.84. The lowest BCUT2D eigenvalue weighted by atomic mass is 10.1. The highest BCUT2D eigenvalue weighted by Crippen LogP contribution is 2.25. The fraction of sp³-hybridized carbons (Fsp3) is 0.133. The van der Waals surface area contributed by atoms with Crippen LogP contribution in [-0.2, 0) is 6.54 Å². The van der Waals surface area contributed by atoms with E-state index in [1.54, 1.807) is 0 Å². The first-order valence-electron chi connectivity index (χ1n) is 6.12. The Kier molecular flexibility index (Phi) is 3.01. The van der Waals surface area contributed by atoms with Crippen molar-refractivity contribution in [1.29, 1.82) is 0 Å². The zero-order valence-electron chi connectivity index (χ0n) is 10.6. The molecule has 2 heterocycles. The van der Waals surface area contributed by atoms with Crippen molar-refractivity contribution in [3.8, 4) is 11.3 Å². The van der Waals surface area contributed by atoms with E-state index in [2.05, 4.69) is 16.3 Å². The van der Waals surface area contributed by atoms with Crippen LogP contribution < -0.4 is 5.73 Å². The monoisotopic (exact) mass is 271 g/mol. The molecule has 0 atom stereocenters. The first-order valence-corrected chi connectivity index (χ1v) is 6.50. The van der Waals surface area contributed by atoms with E-state index in [1.165, 1.54) is 0 Å². The molecular formula is C15H14ClN3. The molecule has 0 saturated heterocycles. The third-order valence-corrected chi connectivity index (χ3v) is 3.53. The van der Waals surface area contributed by atoms with Crippen molar-refractivity contribution < 1.29 is 0 Å². The molecule has 2 N–H and O–H groups in total. The maximum absolute atomic E-state index is 5.92. The minimum atomic E-state index is 0.526. The SMILES string of the molecule is Cc1c(-c2ccc(Cl)cc2)nc2cc(CN)ccn12. The zero-order chi connectivity index (χ0) is 13.4. The summed E-state index contributed by atoms with van der Waals surface area (Å²) in [7, 11) is 0. The fourth-order valence-electron chi connectivity index (χ4n) is 2.22. The summed E-state index contributed by atoms with van der Waals surface area (Å²) in [5.74, 6) is 0. The quantitative estimate of drug-likeness (QED) is 0.776. The molecular weight excluding hydrogens is 258 g/mol. The van der Waals surface area contributed by atoms with Gasteiger partial charge in [0.05, 0.1) is 5.69 Å². The van der Waals surface area contributed by atoms with Gasteiger partial charge in [-0.05, 0) is 36.8 Å². The highest BCUT2D eigenvalue weighted by Gasteiger charge is 2.10. The predicted octanol–water partition coefficient (Wildman–Crippen LogP) is 3.42. The minimum Gasteiger partial charge on any atom is -0.326 e. The van der Waals surface area contributed by atoms with Gasteiger partial charge in [0.15, 0.2) is 0 Å². The Morgan fingerprint density at radius 2 is 1.95 bits per heavy atom. The summed E-state index contributed by atoms with van der Waals surface area (Å²) < 4.78 is 2.07. The molecule has 3 aromatic rings. The number of pyridine rings is 1. The number of hydrogen-bond acceptors (Lipinski definition) is 2. The van der Waals surface area contributed by atoms with Crippen molar-refractivity contribution in [2.75, 3.05) is 0 Å². The highest BCUT2D eigenvalue weighted by molar-refractivity contribution is 6.30. The van der Waals surface area contributed by atoms with Gasteiger partial charge in [0.1, 0.15) is 5.65 Å². The van der Waals surface area contributed by atoms with Gasteiger partial charge in [0, 0.05) is 29.0 Å². The molecule has 0 unspecified atom stereocenters. The summed E-state index contributed by atoms with van der Waals surface area (Å²) in [4.78, 5) is 4.69. The van der Waals surface area contributed by atoms with E-state index in [-0.39, 0.29) is 0 Å². The van der Waals surface area contributed by atoms with Crippen molar-refractivity contribution in [3.63, 3.8) is 0 Å². The summed E-state index contributed by atoms with van der Waals surface area (Å²) >= 11 is 5.92. The lowest BCUT2D eigenvalue weighted by Crippen LogP contribution is -1.97. The number of benzene rings is 1. The number of aryl methyl sites for hydroxylation is 1. The maximum atomic E-state index is 5.92. The molecule has 3 rings (SSSR count). The number of nitrogens with zero attached hydrogens (tertiary/aromatic N) is 2. The third kappa shape index (κ3) is 2.11. The van der Waals surface area contributed by atoms with E-state index >= 15 is 0 Å². The van der Waals surface area contributed by atoms with Gasteiger partial charge in [0.2, 0.25) is 0 Å². The average Bonchev–Trinajstić information content (AvgIpc) is 2.76. The van der Waals surface area contributed by atoms with Crippen LogP contribution in [0.15, 0.2) is 42.6 Å². The molecule has 0 spiro atoms. The predicted molar refractivity (Wildman–Crippen MR) is 78.3 cm³/mol. The van der Waals surface area contributed by atoms with Crippen LogP contribution in [0, 0.1) is 6.92 Å². The van der Waals surface area contributed by atoms with Crippen LogP contribution in [0.25, 0.3) is 16.9 Å². The van der Waals surface area contributed by atoms with Gasteiger partial charge in [-0.25, -0.2) is 4.98 Å². The normalized spacial score (nSPS) is 11.1. The molecule has 0 aliphatic heterocycles. The van der Waals surface area contributed by atoms with Crippen molar-refractivity contribution in [3.05, 3.63) is 58.9 Å². The number of halogens is 1. The van der Waals surface area contributed by atoms with Gasteiger partial charge in [0.25, 0.3) is 0 Å². The van der Waals surface area contributed by atoms with Crippen LogP contribution in [-0.4, -0.2) is 9.38 Å². The second kappa shape index (κ2) is 4.68. The summed E-state index contributed by atoms with van der Waals surface area (Å²) in [6, 6.07) is 11.8. The van der Waals surface area contributed by atoms with Crippen LogP contribution >= 0.6 is 11.6 Å². The van der Waals surface area contributed by atoms with Crippen molar-refractivity contribution >= 4 is 17.2 Å². The largest absolute Gasteiger partial charge is 0.326 e. The van der Waals surface area contributed by atoms with Crippen LogP contribution in [0.1, 0.15) is 11.3 Å². The van der Waals surface area contributed by atoms with E-state index in [0.717, 1.165) is 33.2 Å². The number of hydrogen-bond donors (Lipinski definition) is 1. The van der Waals surface area contributed by atoms with E-state index < -0.39 is 0 Å². The molecule has 0 aliphatic rings. The van der Waals surface area contributed by atoms with E-state index in [4.69, 9.17) is 17.3 Å². The zero-order valence-corrected chi connectivity index (χ0v) is 11.4. The molecule has 0 radical (unpaired) electrons. The molecule has 0 fully saturated rings. The van der Waals surface area contributed by atoms with E-state index in [1.807, 2.05) is 42.6 Å². The topological polar surface area (TPSA) is 43.3 Å². The number of rotatable bonds is 2. The molecule has 2 aromatic heterocycles.